The van der Waals surface area contributed by atoms with Gasteiger partial charge in [0, 0.05) is 16.1 Å². The summed E-state index contributed by atoms with van der Waals surface area (Å²) in [6.07, 6.45) is 7.45. The smallest absolute Gasteiger partial charge is 0.334 e. The molecule has 1 fully saturated rings. The first-order chi connectivity index (χ1) is 9.25. The minimum atomic E-state index is -0.227. The summed E-state index contributed by atoms with van der Waals surface area (Å²) in [6, 6.07) is 7.79. The molecular formula is C14H18BrN3O. The molecule has 1 aliphatic rings. The molecule has 0 unspecified atom stereocenters. The molecule has 0 aliphatic heterocycles. The van der Waals surface area contributed by atoms with E-state index in [0.29, 0.717) is 6.04 Å². The standard InChI is InChI=1S/C14H18BrN3O/c15-13-9-5-4-6-11(13)10-16-18-14(19)17-12-7-2-1-3-8-12/h4-6,9-10,12H,1-3,7-8H2,(H2,17,18,19)/b16-10+. The molecule has 0 saturated heterocycles. The van der Waals surface area contributed by atoms with Crippen molar-refractivity contribution in [2.75, 3.05) is 0 Å². The molecule has 0 aromatic heterocycles. The van der Waals surface area contributed by atoms with Gasteiger partial charge in [0.1, 0.15) is 0 Å². The Bertz CT molecular complexity index is 456. The van der Waals surface area contributed by atoms with Gasteiger partial charge in [-0.15, -0.1) is 0 Å². The van der Waals surface area contributed by atoms with Crippen LogP contribution in [0.2, 0.25) is 0 Å². The quantitative estimate of drug-likeness (QED) is 0.650. The van der Waals surface area contributed by atoms with Gasteiger partial charge in [0.2, 0.25) is 0 Å². The molecule has 5 heteroatoms. The summed E-state index contributed by atoms with van der Waals surface area (Å²) in [4.78, 5) is 11.6. The van der Waals surface area contributed by atoms with Crippen LogP contribution >= 0.6 is 15.9 Å². The van der Waals surface area contributed by atoms with Crippen LogP contribution in [-0.4, -0.2) is 18.3 Å². The second-order valence-electron chi connectivity index (χ2n) is 4.70. The zero-order valence-electron chi connectivity index (χ0n) is 10.7. The van der Waals surface area contributed by atoms with Crippen LogP contribution in [0.3, 0.4) is 0 Å². The van der Waals surface area contributed by atoms with Crippen molar-refractivity contribution in [2.45, 2.75) is 38.1 Å². The molecule has 1 aliphatic carbocycles. The second-order valence-corrected chi connectivity index (χ2v) is 5.55. The highest BCUT2D eigenvalue weighted by Gasteiger charge is 2.14. The summed E-state index contributed by atoms with van der Waals surface area (Å²) in [7, 11) is 0. The first-order valence-electron chi connectivity index (χ1n) is 6.60. The van der Waals surface area contributed by atoms with Gasteiger partial charge in [-0.3, -0.25) is 0 Å². The number of rotatable bonds is 3. The molecule has 0 spiro atoms. The normalized spacial score (nSPS) is 16.5. The third kappa shape index (κ3) is 4.67. The lowest BCUT2D eigenvalue weighted by atomic mass is 9.96. The topological polar surface area (TPSA) is 53.5 Å². The average molecular weight is 324 g/mol. The van der Waals surface area contributed by atoms with Crippen molar-refractivity contribution < 1.29 is 4.79 Å². The molecule has 4 nitrogen and oxygen atoms in total. The number of amides is 2. The van der Waals surface area contributed by atoms with E-state index < -0.39 is 0 Å². The fraction of sp³-hybridized carbons (Fsp3) is 0.429. The highest BCUT2D eigenvalue weighted by molar-refractivity contribution is 9.10. The van der Waals surface area contributed by atoms with Gasteiger partial charge < -0.3 is 5.32 Å². The lowest BCUT2D eigenvalue weighted by molar-refractivity contribution is 0.233. The van der Waals surface area contributed by atoms with Crippen LogP contribution in [0.5, 0.6) is 0 Å². The fourth-order valence-electron chi connectivity index (χ4n) is 2.20. The molecule has 2 N–H and O–H groups in total. The molecular weight excluding hydrogens is 306 g/mol. The minimum absolute atomic E-state index is 0.227. The van der Waals surface area contributed by atoms with E-state index in [2.05, 4.69) is 31.8 Å². The Morgan fingerprint density at radius 1 is 1.26 bits per heavy atom. The molecule has 102 valence electrons. The lowest BCUT2D eigenvalue weighted by Gasteiger charge is -2.22. The van der Waals surface area contributed by atoms with Gasteiger partial charge in [0.15, 0.2) is 0 Å². The largest absolute Gasteiger partial charge is 0.335 e. The highest BCUT2D eigenvalue weighted by Crippen LogP contribution is 2.17. The minimum Gasteiger partial charge on any atom is -0.334 e. The SMILES string of the molecule is O=C(N/N=C/c1ccccc1Br)NC1CCCCC1. The number of hydrogen-bond acceptors (Lipinski definition) is 2. The second kappa shape index (κ2) is 7.28. The maximum atomic E-state index is 11.6. The molecule has 0 bridgehead atoms. The zero-order chi connectivity index (χ0) is 13.5. The van der Waals surface area contributed by atoms with Crippen molar-refractivity contribution in [3.05, 3.63) is 34.3 Å². The van der Waals surface area contributed by atoms with E-state index in [0.717, 1.165) is 22.9 Å². The van der Waals surface area contributed by atoms with Crippen molar-refractivity contribution in [2.24, 2.45) is 5.10 Å². The first-order valence-corrected chi connectivity index (χ1v) is 7.39. The maximum absolute atomic E-state index is 11.6. The monoisotopic (exact) mass is 323 g/mol. The van der Waals surface area contributed by atoms with Crippen molar-refractivity contribution in [1.29, 1.82) is 0 Å². The summed E-state index contributed by atoms with van der Waals surface area (Å²) < 4.78 is 0.952. The number of nitrogens with zero attached hydrogens (tertiary/aromatic N) is 1. The average Bonchev–Trinajstić information content (AvgIpc) is 2.42. The van der Waals surface area contributed by atoms with Gasteiger partial charge in [-0.2, -0.15) is 5.10 Å². The lowest BCUT2D eigenvalue weighted by Crippen LogP contribution is -2.41. The van der Waals surface area contributed by atoms with E-state index in [1.165, 1.54) is 19.3 Å². The van der Waals surface area contributed by atoms with E-state index in [1.807, 2.05) is 24.3 Å². The Kier molecular flexibility index (Phi) is 5.39. The fourth-order valence-corrected chi connectivity index (χ4v) is 2.59. The Hall–Kier alpha value is -1.36. The van der Waals surface area contributed by atoms with Gasteiger partial charge in [0.25, 0.3) is 0 Å². The molecule has 19 heavy (non-hydrogen) atoms. The van der Waals surface area contributed by atoms with Gasteiger partial charge in [-0.25, -0.2) is 10.2 Å². The predicted octanol–water partition coefficient (Wildman–Crippen LogP) is 3.41. The van der Waals surface area contributed by atoms with Crippen LogP contribution in [0.1, 0.15) is 37.7 Å². The number of hydrazone groups is 1. The van der Waals surface area contributed by atoms with Crippen LogP contribution in [0, 0.1) is 0 Å². The Morgan fingerprint density at radius 2 is 2.00 bits per heavy atom. The number of urea groups is 1. The Balaban J connectivity index is 1.78. The van der Waals surface area contributed by atoms with Gasteiger partial charge in [-0.1, -0.05) is 53.4 Å². The van der Waals surface area contributed by atoms with E-state index in [1.54, 1.807) is 6.21 Å². The molecule has 0 radical (unpaired) electrons. The molecule has 2 rings (SSSR count). The molecule has 2 amide bonds. The van der Waals surface area contributed by atoms with Gasteiger partial charge in [-0.05, 0) is 18.9 Å². The number of hydrogen-bond donors (Lipinski definition) is 2. The van der Waals surface area contributed by atoms with Crippen LogP contribution in [0.15, 0.2) is 33.8 Å². The van der Waals surface area contributed by atoms with Crippen molar-refractivity contribution in [3.8, 4) is 0 Å². The number of benzene rings is 1. The summed E-state index contributed by atoms with van der Waals surface area (Å²) >= 11 is 3.42. The van der Waals surface area contributed by atoms with Crippen molar-refractivity contribution in [1.82, 2.24) is 10.7 Å². The summed E-state index contributed by atoms with van der Waals surface area (Å²) in [5.41, 5.74) is 3.44. The molecule has 0 heterocycles. The third-order valence-corrected chi connectivity index (χ3v) is 3.94. The first kappa shape index (κ1) is 14.1. The van der Waals surface area contributed by atoms with Crippen molar-refractivity contribution >= 4 is 28.2 Å². The van der Waals surface area contributed by atoms with Crippen molar-refractivity contribution in [3.63, 3.8) is 0 Å². The Morgan fingerprint density at radius 3 is 2.74 bits per heavy atom. The number of carbonyl (C=O) groups excluding carboxylic acids is 1. The van der Waals surface area contributed by atoms with Gasteiger partial charge >= 0.3 is 6.03 Å². The maximum Gasteiger partial charge on any atom is 0.335 e. The molecule has 0 atom stereocenters. The number of carbonyl (C=O) groups is 1. The summed E-state index contributed by atoms with van der Waals surface area (Å²) in [6.45, 7) is 0. The summed E-state index contributed by atoms with van der Waals surface area (Å²) in [5, 5.41) is 6.90. The predicted molar refractivity (Wildman–Crippen MR) is 80.3 cm³/mol. The number of nitrogens with one attached hydrogen (secondary N) is 2. The highest BCUT2D eigenvalue weighted by atomic mass is 79.9. The van der Waals surface area contributed by atoms with Gasteiger partial charge in [0.05, 0.1) is 6.21 Å². The van der Waals surface area contributed by atoms with E-state index in [-0.39, 0.29) is 6.03 Å². The summed E-state index contributed by atoms with van der Waals surface area (Å²) in [5.74, 6) is 0. The Labute approximate surface area is 121 Å². The van der Waals surface area contributed by atoms with E-state index in [9.17, 15) is 4.79 Å². The third-order valence-electron chi connectivity index (χ3n) is 3.22. The van der Waals surface area contributed by atoms with E-state index >= 15 is 0 Å². The van der Waals surface area contributed by atoms with Crippen LogP contribution in [-0.2, 0) is 0 Å². The van der Waals surface area contributed by atoms with Crippen LogP contribution in [0.4, 0.5) is 4.79 Å². The van der Waals surface area contributed by atoms with E-state index in [4.69, 9.17) is 0 Å². The zero-order valence-corrected chi connectivity index (χ0v) is 12.3. The number of halogens is 1. The molecule has 1 saturated carbocycles. The van der Waals surface area contributed by atoms with Crippen LogP contribution < -0.4 is 10.7 Å². The molecule has 1 aromatic rings. The van der Waals surface area contributed by atoms with Crippen LogP contribution in [0.25, 0.3) is 0 Å². The molecule has 1 aromatic carbocycles.